The summed E-state index contributed by atoms with van der Waals surface area (Å²) in [4.78, 5) is 12.5. The highest BCUT2D eigenvalue weighted by atomic mass is 16.4. The van der Waals surface area contributed by atoms with E-state index >= 15 is 0 Å². The lowest BCUT2D eigenvalue weighted by molar-refractivity contribution is -0.139. The van der Waals surface area contributed by atoms with E-state index < -0.39 is 12.1 Å². The number of aliphatic hydroxyl groups is 1. The molecule has 94 valence electrons. The van der Waals surface area contributed by atoms with E-state index in [-0.39, 0.29) is 6.42 Å². The molecule has 0 bridgehead atoms. The van der Waals surface area contributed by atoms with Gasteiger partial charge in [0.05, 0.1) is 12.5 Å². The normalized spacial score (nSPS) is 28.0. The predicted molar refractivity (Wildman–Crippen MR) is 62.3 cm³/mol. The molecule has 0 aliphatic heterocycles. The van der Waals surface area contributed by atoms with Crippen LogP contribution in [0.3, 0.4) is 0 Å². The van der Waals surface area contributed by atoms with Crippen molar-refractivity contribution in [3.05, 3.63) is 0 Å². The van der Waals surface area contributed by atoms with E-state index in [1.54, 1.807) is 0 Å². The van der Waals surface area contributed by atoms with Crippen LogP contribution in [0.4, 0.5) is 0 Å². The van der Waals surface area contributed by atoms with E-state index in [1.165, 1.54) is 12.8 Å². The quantitative estimate of drug-likeness (QED) is 0.746. The minimum Gasteiger partial charge on any atom is -0.481 e. The molecule has 0 aromatic carbocycles. The summed E-state index contributed by atoms with van der Waals surface area (Å²) in [6, 6.07) is 0.514. The Hall–Kier alpha value is -0.610. The second kappa shape index (κ2) is 6.21. The molecule has 1 aliphatic rings. The average Bonchev–Trinajstić information content (AvgIpc) is 2.16. The zero-order chi connectivity index (χ0) is 12.1. The van der Waals surface area contributed by atoms with Gasteiger partial charge in [-0.3, -0.25) is 4.79 Å². The van der Waals surface area contributed by atoms with Gasteiger partial charge in [0.2, 0.25) is 0 Å². The second-order valence-electron chi connectivity index (χ2n) is 5.10. The number of likely N-dealkylation sites (N-methyl/N-ethyl adjacent to an activating group) is 1. The maximum Gasteiger partial charge on any atom is 0.306 e. The van der Waals surface area contributed by atoms with Gasteiger partial charge >= 0.3 is 5.97 Å². The Morgan fingerprint density at radius 2 is 1.94 bits per heavy atom. The van der Waals surface area contributed by atoms with Gasteiger partial charge in [0.1, 0.15) is 0 Å². The van der Waals surface area contributed by atoms with Crippen LogP contribution in [-0.4, -0.2) is 46.8 Å². The first-order chi connectivity index (χ1) is 7.49. The number of carboxylic acid groups (broad SMARTS) is 1. The smallest absolute Gasteiger partial charge is 0.306 e. The number of carboxylic acids is 1. The Bertz CT molecular complexity index is 224. The highest BCUT2D eigenvalue weighted by Gasteiger charge is 2.23. The third-order valence-electron chi connectivity index (χ3n) is 3.52. The molecule has 0 saturated heterocycles. The van der Waals surface area contributed by atoms with E-state index in [0.717, 1.165) is 18.8 Å². The first-order valence-electron chi connectivity index (χ1n) is 6.09. The van der Waals surface area contributed by atoms with Gasteiger partial charge < -0.3 is 15.1 Å². The van der Waals surface area contributed by atoms with Crippen molar-refractivity contribution in [3.8, 4) is 0 Å². The van der Waals surface area contributed by atoms with E-state index in [1.807, 2.05) is 7.05 Å². The minimum atomic E-state index is -0.932. The number of aliphatic hydroxyl groups excluding tert-OH is 1. The molecule has 2 N–H and O–H groups in total. The fourth-order valence-corrected chi connectivity index (χ4v) is 2.43. The molecule has 1 fully saturated rings. The highest BCUT2D eigenvalue weighted by Crippen LogP contribution is 2.26. The van der Waals surface area contributed by atoms with E-state index in [2.05, 4.69) is 11.8 Å². The number of carbonyl (C=O) groups is 1. The lowest BCUT2D eigenvalue weighted by Gasteiger charge is -2.34. The summed E-state index contributed by atoms with van der Waals surface area (Å²) >= 11 is 0. The second-order valence-corrected chi connectivity index (χ2v) is 5.10. The number of hydrogen-bond donors (Lipinski definition) is 2. The number of nitrogens with zero attached hydrogens (tertiary/aromatic N) is 1. The van der Waals surface area contributed by atoms with E-state index in [9.17, 15) is 9.90 Å². The van der Waals surface area contributed by atoms with Crippen LogP contribution in [0.15, 0.2) is 0 Å². The van der Waals surface area contributed by atoms with Gasteiger partial charge in [0, 0.05) is 12.6 Å². The summed E-state index contributed by atoms with van der Waals surface area (Å²) in [6.07, 6.45) is 3.90. The lowest BCUT2D eigenvalue weighted by Crippen LogP contribution is -2.40. The minimum absolute atomic E-state index is 0.159. The van der Waals surface area contributed by atoms with Crippen LogP contribution >= 0.6 is 0 Å². The van der Waals surface area contributed by atoms with Crippen LogP contribution < -0.4 is 0 Å². The summed E-state index contributed by atoms with van der Waals surface area (Å²) in [5, 5.41) is 18.1. The van der Waals surface area contributed by atoms with Gasteiger partial charge in [0.25, 0.3) is 0 Å². The SMILES string of the molecule is CC1CCC(N(C)CC(O)CC(=O)O)CC1. The molecule has 16 heavy (non-hydrogen) atoms. The van der Waals surface area contributed by atoms with E-state index in [4.69, 9.17) is 5.11 Å². The Balaban J connectivity index is 2.28. The van der Waals surface area contributed by atoms with Crippen LogP contribution in [-0.2, 0) is 4.79 Å². The van der Waals surface area contributed by atoms with Gasteiger partial charge in [-0.15, -0.1) is 0 Å². The van der Waals surface area contributed by atoms with Crippen molar-refractivity contribution in [2.45, 2.75) is 51.2 Å². The van der Waals surface area contributed by atoms with Crippen molar-refractivity contribution in [1.29, 1.82) is 0 Å². The van der Waals surface area contributed by atoms with Gasteiger partial charge in [-0.05, 0) is 38.6 Å². The zero-order valence-corrected chi connectivity index (χ0v) is 10.2. The number of hydrogen-bond acceptors (Lipinski definition) is 3. The van der Waals surface area contributed by atoms with Gasteiger partial charge in [-0.25, -0.2) is 0 Å². The fraction of sp³-hybridized carbons (Fsp3) is 0.917. The van der Waals surface area contributed by atoms with Crippen LogP contribution in [0.5, 0.6) is 0 Å². The van der Waals surface area contributed by atoms with Crippen molar-refractivity contribution in [2.24, 2.45) is 5.92 Å². The average molecular weight is 229 g/mol. The van der Waals surface area contributed by atoms with Crippen molar-refractivity contribution in [3.63, 3.8) is 0 Å². The standard InChI is InChI=1S/C12H23NO3/c1-9-3-5-10(6-4-9)13(2)8-11(14)7-12(15)16/h9-11,14H,3-8H2,1-2H3,(H,15,16). The molecule has 4 heteroatoms. The Kier molecular flexibility index (Phi) is 5.22. The molecule has 0 aromatic rings. The Morgan fingerprint density at radius 3 is 2.44 bits per heavy atom. The summed E-state index contributed by atoms with van der Waals surface area (Å²) in [6.45, 7) is 2.74. The summed E-state index contributed by atoms with van der Waals surface area (Å²) < 4.78 is 0. The van der Waals surface area contributed by atoms with Crippen LogP contribution in [0.1, 0.15) is 39.0 Å². The van der Waals surface area contributed by atoms with Gasteiger partial charge in [-0.2, -0.15) is 0 Å². The monoisotopic (exact) mass is 229 g/mol. The Morgan fingerprint density at radius 1 is 1.38 bits per heavy atom. The maximum atomic E-state index is 10.4. The molecule has 0 amide bonds. The first kappa shape index (κ1) is 13.5. The van der Waals surface area contributed by atoms with Crippen molar-refractivity contribution < 1.29 is 15.0 Å². The molecule has 1 unspecified atom stereocenters. The zero-order valence-electron chi connectivity index (χ0n) is 10.2. The van der Waals surface area contributed by atoms with Crippen molar-refractivity contribution >= 4 is 5.97 Å². The van der Waals surface area contributed by atoms with E-state index in [0.29, 0.717) is 12.6 Å². The maximum absolute atomic E-state index is 10.4. The summed E-state index contributed by atoms with van der Waals surface area (Å²) in [5.74, 6) is -0.119. The van der Waals surface area contributed by atoms with Gasteiger partial charge in [0.15, 0.2) is 0 Å². The third kappa shape index (κ3) is 4.49. The molecule has 1 aliphatic carbocycles. The topological polar surface area (TPSA) is 60.8 Å². The van der Waals surface area contributed by atoms with Crippen LogP contribution in [0, 0.1) is 5.92 Å². The Labute approximate surface area is 97.3 Å². The molecule has 0 heterocycles. The van der Waals surface area contributed by atoms with Crippen LogP contribution in [0.2, 0.25) is 0 Å². The molecule has 0 spiro atoms. The molecule has 1 atom stereocenters. The lowest BCUT2D eigenvalue weighted by atomic mass is 9.86. The molecule has 0 radical (unpaired) electrons. The predicted octanol–water partition coefficient (Wildman–Crippen LogP) is 1.33. The van der Waals surface area contributed by atoms with Crippen molar-refractivity contribution in [1.82, 2.24) is 4.90 Å². The number of aliphatic carboxylic acids is 1. The number of rotatable bonds is 5. The van der Waals surface area contributed by atoms with Gasteiger partial charge in [-0.1, -0.05) is 6.92 Å². The summed E-state index contributed by atoms with van der Waals surface area (Å²) in [7, 11) is 1.98. The molecular weight excluding hydrogens is 206 g/mol. The van der Waals surface area contributed by atoms with Crippen LogP contribution in [0.25, 0.3) is 0 Å². The molecule has 4 nitrogen and oxygen atoms in total. The van der Waals surface area contributed by atoms with Crippen molar-refractivity contribution in [2.75, 3.05) is 13.6 Å². The first-order valence-corrected chi connectivity index (χ1v) is 6.09. The fourth-order valence-electron chi connectivity index (χ4n) is 2.43. The highest BCUT2D eigenvalue weighted by molar-refractivity contribution is 5.67. The molecule has 0 aromatic heterocycles. The summed E-state index contributed by atoms with van der Waals surface area (Å²) in [5.41, 5.74) is 0. The molecule has 1 rings (SSSR count). The molecule has 1 saturated carbocycles. The third-order valence-corrected chi connectivity index (χ3v) is 3.52. The largest absolute Gasteiger partial charge is 0.481 e. The molecular formula is C12H23NO3.